The van der Waals surface area contributed by atoms with Gasteiger partial charge in [-0.2, -0.15) is 0 Å². The minimum atomic E-state index is -0.575. The molecule has 1 heterocycles. The zero-order valence-corrected chi connectivity index (χ0v) is 16.3. The molecule has 2 aromatic rings. The monoisotopic (exact) mass is 382 g/mol. The van der Waals surface area contributed by atoms with Crippen LogP contribution in [0.2, 0.25) is 0 Å². The summed E-state index contributed by atoms with van der Waals surface area (Å²) in [5.74, 6) is -0.447. The highest BCUT2D eigenvalue weighted by atomic mass is 35.5. The van der Waals surface area contributed by atoms with Crippen LogP contribution in [0.25, 0.3) is 11.1 Å². The quantitative estimate of drug-likeness (QED) is 0.679. The number of aromatic nitrogens is 1. The van der Waals surface area contributed by atoms with E-state index in [1.165, 1.54) is 0 Å². The van der Waals surface area contributed by atoms with Crippen LogP contribution in [0.4, 0.5) is 0 Å². The molecule has 0 aliphatic heterocycles. The zero-order valence-electron chi connectivity index (χ0n) is 15.5. The number of nitrogens with one attached hydrogen (secondary N) is 2. The Morgan fingerprint density at radius 3 is 2.38 bits per heavy atom. The fourth-order valence-electron chi connectivity index (χ4n) is 2.28. The van der Waals surface area contributed by atoms with Gasteiger partial charge in [-0.25, -0.2) is 4.98 Å². The lowest BCUT2D eigenvalue weighted by atomic mass is 10.0. The van der Waals surface area contributed by atoms with Crippen LogP contribution in [-0.4, -0.2) is 35.4 Å². The molecule has 1 aromatic heterocycles. The smallest absolute Gasteiger partial charge is 0.307 e. The number of benzene rings is 1. The summed E-state index contributed by atoms with van der Waals surface area (Å²) in [6.45, 7) is 7.99. The van der Waals surface area contributed by atoms with Gasteiger partial charge in [0.25, 0.3) is 5.89 Å². The highest BCUT2D eigenvalue weighted by molar-refractivity contribution is 5.92. The summed E-state index contributed by atoms with van der Waals surface area (Å²) in [7, 11) is 0. The molecule has 2 rings (SSSR count). The van der Waals surface area contributed by atoms with Gasteiger partial charge in [0.15, 0.2) is 5.58 Å². The molecule has 0 bridgehead atoms. The molecule has 26 heavy (non-hydrogen) atoms. The Morgan fingerprint density at radius 2 is 1.81 bits per heavy atom. The summed E-state index contributed by atoms with van der Waals surface area (Å²) in [6, 6.07) is 6.37. The van der Waals surface area contributed by atoms with Crippen molar-refractivity contribution in [2.24, 2.45) is 17.6 Å². The van der Waals surface area contributed by atoms with Crippen LogP contribution >= 0.6 is 12.4 Å². The van der Waals surface area contributed by atoms with E-state index in [0.29, 0.717) is 11.1 Å². The van der Waals surface area contributed by atoms with Crippen LogP contribution < -0.4 is 16.4 Å². The number of carbonyl (C=O) groups is 2. The second-order valence-corrected chi connectivity index (χ2v) is 6.83. The summed E-state index contributed by atoms with van der Waals surface area (Å²) >= 11 is 0. The molecule has 1 aromatic carbocycles. The number of nitrogens with two attached hydrogens (primary N) is 1. The Labute approximate surface area is 159 Å². The summed E-state index contributed by atoms with van der Waals surface area (Å²) in [4.78, 5) is 28.6. The normalized spacial score (nSPS) is 13.3. The number of nitrogens with zero attached hydrogens (tertiary/aromatic N) is 1. The Kier molecular flexibility index (Phi) is 8.05. The molecular formula is C18H27ClN4O3. The topological polar surface area (TPSA) is 110 Å². The first-order valence-electron chi connectivity index (χ1n) is 8.49. The maximum Gasteiger partial charge on any atom is 0.307 e. The van der Waals surface area contributed by atoms with Gasteiger partial charge in [0.1, 0.15) is 5.52 Å². The molecule has 7 nitrogen and oxygen atoms in total. The SMILES string of the molecule is CC(C)[C@H](N)C(=O)N[C@H](CNC(=O)c1nc2ccccc2o1)C(C)C.Cl. The fraction of sp³-hybridized carbons (Fsp3) is 0.500. The molecular weight excluding hydrogens is 356 g/mol. The lowest BCUT2D eigenvalue weighted by molar-refractivity contribution is -0.124. The first kappa shape index (κ1) is 21.9. The second kappa shape index (κ2) is 9.54. The fourth-order valence-corrected chi connectivity index (χ4v) is 2.28. The van der Waals surface area contributed by atoms with Crippen molar-refractivity contribution in [2.75, 3.05) is 6.54 Å². The average Bonchev–Trinajstić information content (AvgIpc) is 3.01. The molecule has 4 N–H and O–H groups in total. The molecule has 0 saturated heterocycles. The third kappa shape index (κ3) is 5.44. The van der Waals surface area contributed by atoms with Crippen molar-refractivity contribution in [1.82, 2.24) is 15.6 Å². The van der Waals surface area contributed by atoms with E-state index in [2.05, 4.69) is 15.6 Å². The van der Waals surface area contributed by atoms with Gasteiger partial charge >= 0.3 is 5.91 Å². The molecule has 0 spiro atoms. The molecule has 0 saturated carbocycles. The Bertz CT molecular complexity index is 712. The lowest BCUT2D eigenvalue weighted by Gasteiger charge is -2.25. The third-order valence-electron chi connectivity index (χ3n) is 4.12. The van der Waals surface area contributed by atoms with Crippen LogP contribution in [-0.2, 0) is 4.79 Å². The standard InChI is InChI=1S/C18H26N4O3.ClH/c1-10(2)13(21-16(23)15(19)11(3)4)9-20-17(24)18-22-12-7-5-6-8-14(12)25-18;/h5-8,10-11,13,15H,9,19H2,1-4H3,(H,20,24)(H,21,23);1H/t13-,15+;/m1./s1. The van der Waals surface area contributed by atoms with E-state index in [1.807, 2.05) is 39.8 Å². The summed E-state index contributed by atoms with van der Waals surface area (Å²) in [5, 5.41) is 5.67. The predicted octanol–water partition coefficient (Wildman–Crippen LogP) is 2.10. The molecule has 8 heteroatoms. The van der Waals surface area contributed by atoms with E-state index in [4.69, 9.17) is 10.2 Å². The molecule has 144 valence electrons. The van der Waals surface area contributed by atoms with Crippen molar-refractivity contribution in [2.45, 2.75) is 39.8 Å². The van der Waals surface area contributed by atoms with E-state index in [0.717, 1.165) is 0 Å². The van der Waals surface area contributed by atoms with E-state index >= 15 is 0 Å². The number of carbonyl (C=O) groups excluding carboxylic acids is 2. The first-order valence-corrected chi connectivity index (χ1v) is 8.49. The van der Waals surface area contributed by atoms with Gasteiger partial charge in [-0.05, 0) is 24.0 Å². The van der Waals surface area contributed by atoms with Crippen molar-refractivity contribution >= 4 is 35.3 Å². The van der Waals surface area contributed by atoms with E-state index < -0.39 is 11.9 Å². The minimum absolute atomic E-state index is 0. The average molecular weight is 383 g/mol. The highest BCUT2D eigenvalue weighted by Crippen LogP contribution is 2.14. The number of amides is 2. The molecule has 2 atom stereocenters. The maximum atomic E-state index is 12.3. The van der Waals surface area contributed by atoms with E-state index in [1.54, 1.807) is 12.1 Å². The number of hydrogen-bond acceptors (Lipinski definition) is 5. The number of rotatable bonds is 7. The predicted molar refractivity (Wildman–Crippen MR) is 103 cm³/mol. The van der Waals surface area contributed by atoms with Gasteiger partial charge in [-0.15, -0.1) is 12.4 Å². The number of oxazole rings is 1. The van der Waals surface area contributed by atoms with Crippen LogP contribution in [0.1, 0.15) is 38.4 Å². The largest absolute Gasteiger partial charge is 0.432 e. The van der Waals surface area contributed by atoms with E-state index in [9.17, 15) is 9.59 Å². The number of halogens is 1. The third-order valence-corrected chi connectivity index (χ3v) is 4.12. The van der Waals surface area contributed by atoms with Crippen LogP contribution in [0.15, 0.2) is 28.7 Å². The molecule has 0 unspecified atom stereocenters. The Hall–Kier alpha value is -2.12. The van der Waals surface area contributed by atoms with Gasteiger partial charge in [0, 0.05) is 12.6 Å². The van der Waals surface area contributed by atoms with Crippen LogP contribution in [0.5, 0.6) is 0 Å². The molecule has 0 radical (unpaired) electrons. The highest BCUT2D eigenvalue weighted by Gasteiger charge is 2.23. The van der Waals surface area contributed by atoms with Crippen molar-refractivity contribution < 1.29 is 14.0 Å². The molecule has 2 amide bonds. The zero-order chi connectivity index (χ0) is 18.6. The first-order chi connectivity index (χ1) is 11.8. The summed E-state index contributed by atoms with van der Waals surface area (Å²) in [5.41, 5.74) is 7.06. The lowest BCUT2D eigenvalue weighted by Crippen LogP contribution is -2.52. The Balaban J connectivity index is 0.00000338. The van der Waals surface area contributed by atoms with E-state index in [-0.39, 0.29) is 48.6 Å². The van der Waals surface area contributed by atoms with Crippen molar-refractivity contribution in [3.63, 3.8) is 0 Å². The maximum absolute atomic E-state index is 12.3. The summed E-state index contributed by atoms with van der Waals surface area (Å²) < 4.78 is 5.44. The molecule has 0 fully saturated rings. The van der Waals surface area contributed by atoms with Crippen molar-refractivity contribution in [3.8, 4) is 0 Å². The van der Waals surface area contributed by atoms with Gasteiger partial charge in [-0.3, -0.25) is 9.59 Å². The van der Waals surface area contributed by atoms with Gasteiger partial charge in [0.2, 0.25) is 5.91 Å². The van der Waals surface area contributed by atoms with Gasteiger partial charge < -0.3 is 20.8 Å². The number of para-hydroxylation sites is 2. The minimum Gasteiger partial charge on any atom is -0.432 e. The van der Waals surface area contributed by atoms with Gasteiger partial charge in [-0.1, -0.05) is 39.8 Å². The summed E-state index contributed by atoms with van der Waals surface area (Å²) in [6.07, 6.45) is 0. The number of hydrogen-bond donors (Lipinski definition) is 3. The number of fused-ring (bicyclic) bond motifs is 1. The second-order valence-electron chi connectivity index (χ2n) is 6.83. The van der Waals surface area contributed by atoms with Crippen LogP contribution in [0, 0.1) is 11.8 Å². The molecule has 0 aliphatic carbocycles. The van der Waals surface area contributed by atoms with Crippen molar-refractivity contribution in [3.05, 3.63) is 30.2 Å². The van der Waals surface area contributed by atoms with Crippen LogP contribution in [0.3, 0.4) is 0 Å². The molecule has 0 aliphatic rings. The Morgan fingerprint density at radius 1 is 1.15 bits per heavy atom. The van der Waals surface area contributed by atoms with Crippen molar-refractivity contribution in [1.29, 1.82) is 0 Å². The van der Waals surface area contributed by atoms with Gasteiger partial charge in [0.05, 0.1) is 6.04 Å².